The molecule has 2 aromatic rings. The van der Waals surface area contributed by atoms with Gasteiger partial charge in [-0.05, 0) is 44.4 Å². The van der Waals surface area contributed by atoms with E-state index >= 15 is 0 Å². The number of carbonyl (C=O) groups is 1. The molecule has 0 radical (unpaired) electrons. The first-order valence-electron chi connectivity index (χ1n) is 8.30. The van der Waals surface area contributed by atoms with E-state index in [1.807, 2.05) is 34.8 Å². The van der Waals surface area contributed by atoms with Gasteiger partial charge in [0.15, 0.2) is 0 Å². The van der Waals surface area contributed by atoms with Crippen molar-refractivity contribution in [2.45, 2.75) is 59.7 Å². The molecule has 23 heavy (non-hydrogen) atoms. The third kappa shape index (κ3) is 4.18. The van der Waals surface area contributed by atoms with Crippen LogP contribution in [-0.2, 0) is 13.1 Å². The number of pyridine rings is 1. The van der Waals surface area contributed by atoms with Gasteiger partial charge >= 0.3 is 0 Å². The second-order valence-electron chi connectivity index (χ2n) is 5.94. The third-order valence-corrected chi connectivity index (χ3v) is 4.12. The van der Waals surface area contributed by atoms with Crippen LogP contribution in [0.25, 0.3) is 0 Å². The minimum absolute atomic E-state index is 0.0519. The van der Waals surface area contributed by atoms with Gasteiger partial charge < -0.3 is 4.90 Å². The third-order valence-electron chi connectivity index (χ3n) is 4.12. The molecule has 0 aliphatic carbocycles. The smallest absolute Gasteiger partial charge is 0.257 e. The molecule has 1 atom stereocenters. The summed E-state index contributed by atoms with van der Waals surface area (Å²) >= 11 is 0. The highest BCUT2D eigenvalue weighted by molar-refractivity contribution is 5.95. The molecular formula is C18H26N4O. The Morgan fingerprint density at radius 3 is 2.61 bits per heavy atom. The second-order valence-corrected chi connectivity index (χ2v) is 5.94. The van der Waals surface area contributed by atoms with E-state index in [9.17, 15) is 4.79 Å². The first-order valence-corrected chi connectivity index (χ1v) is 8.30. The number of amides is 1. The topological polar surface area (TPSA) is 51.0 Å². The van der Waals surface area contributed by atoms with E-state index in [4.69, 9.17) is 0 Å². The summed E-state index contributed by atoms with van der Waals surface area (Å²) in [6.45, 7) is 9.63. The van der Waals surface area contributed by atoms with Gasteiger partial charge in [0.25, 0.3) is 5.91 Å². The summed E-state index contributed by atoms with van der Waals surface area (Å²) in [5.74, 6) is 0.0519. The van der Waals surface area contributed by atoms with Gasteiger partial charge in [-0.1, -0.05) is 13.8 Å². The first-order chi connectivity index (χ1) is 11.1. The Balaban J connectivity index is 2.26. The fraction of sp³-hybridized carbons (Fsp3) is 0.500. The van der Waals surface area contributed by atoms with Crippen molar-refractivity contribution < 1.29 is 4.79 Å². The summed E-state index contributed by atoms with van der Waals surface area (Å²) in [6, 6.07) is 4.08. The number of rotatable bonds is 7. The summed E-state index contributed by atoms with van der Waals surface area (Å²) in [7, 11) is 0. The zero-order valence-corrected chi connectivity index (χ0v) is 14.5. The maximum absolute atomic E-state index is 13.0. The van der Waals surface area contributed by atoms with Crippen molar-refractivity contribution in [2.75, 3.05) is 0 Å². The lowest BCUT2D eigenvalue weighted by atomic mass is 10.1. The van der Waals surface area contributed by atoms with Crippen LogP contribution in [0.5, 0.6) is 0 Å². The molecule has 0 aromatic carbocycles. The summed E-state index contributed by atoms with van der Waals surface area (Å²) < 4.78 is 1.86. The molecule has 0 unspecified atom stereocenters. The normalized spacial score (nSPS) is 12.2. The predicted molar refractivity (Wildman–Crippen MR) is 91.1 cm³/mol. The Hall–Kier alpha value is -2.17. The maximum atomic E-state index is 13.0. The molecular weight excluding hydrogens is 288 g/mol. The monoisotopic (exact) mass is 314 g/mol. The molecule has 0 aliphatic rings. The van der Waals surface area contributed by atoms with Gasteiger partial charge in [-0.15, -0.1) is 0 Å². The molecule has 2 heterocycles. The van der Waals surface area contributed by atoms with Crippen molar-refractivity contribution >= 4 is 5.91 Å². The Labute approximate surface area is 138 Å². The molecule has 0 saturated heterocycles. The van der Waals surface area contributed by atoms with Gasteiger partial charge in [-0.3, -0.25) is 14.5 Å². The van der Waals surface area contributed by atoms with Crippen molar-refractivity contribution in [2.24, 2.45) is 0 Å². The van der Waals surface area contributed by atoms with Crippen LogP contribution < -0.4 is 0 Å². The molecule has 0 N–H and O–H groups in total. The van der Waals surface area contributed by atoms with Gasteiger partial charge in [0.2, 0.25) is 0 Å². The average Bonchev–Trinajstić information content (AvgIpc) is 2.93. The van der Waals surface area contributed by atoms with Gasteiger partial charge in [-0.2, -0.15) is 5.10 Å². The van der Waals surface area contributed by atoms with E-state index < -0.39 is 0 Å². The largest absolute Gasteiger partial charge is 0.332 e. The van der Waals surface area contributed by atoms with Gasteiger partial charge in [0.1, 0.15) is 0 Å². The lowest BCUT2D eigenvalue weighted by molar-refractivity contribution is 0.0670. The highest BCUT2D eigenvalue weighted by Crippen LogP contribution is 2.17. The van der Waals surface area contributed by atoms with Crippen molar-refractivity contribution in [3.63, 3.8) is 0 Å². The van der Waals surface area contributed by atoms with E-state index in [1.165, 1.54) is 0 Å². The van der Waals surface area contributed by atoms with Crippen LogP contribution in [0, 0.1) is 6.92 Å². The Bertz CT molecular complexity index is 636. The molecule has 2 rings (SSSR count). The van der Waals surface area contributed by atoms with Crippen LogP contribution in [0.15, 0.2) is 30.7 Å². The molecule has 5 heteroatoms. The van der Waals surface area contributed by atoms with Gasteiger partial charge in [-0.25, -0.2) is 0 Å². The predicted octanol–water partition coefficient (Wildman–Crippen LogP) is 3.44. The number of hydrogen-bond acceptors (Lipinski definition) is 3. The Kier molecular flexibility index (Phi) is 5.90. The maximum Gasteiger partial charge on any atom is 0.257 e. The molecule has 0 fully saturated rings. The standard InChI is InChI=1S/C18H26N4O/c1-5-11-21-13-17(15(4)20-21)18(23)22(14(3)6-2)12-16-7-9-19-10-8-16/h7-10,13-14H,5-6,11-12H2,1-4H3/t14-/m1/s1. The summed E-state index contributed by atoms with van der Waals surface area (Å²) in [6.07, 6.45) is 7.32. The number of aryl methyl sites for hydroxylation is 2. The van der Waals surface area contributed by atoms with E-state index in [0.29, 0.717) is 12.1 Å². The average molecular weight is 314 g/mol. The number of nitrogens with zero attached hydrogens (tertiary/aromatic N) is 4. The number of hydrogen-bond donors (Lipinski definition) is 0. The molecule has 0 aliphatic heterocycles. The van der Waals surface area contributed by atoms with Crippen molar-refractivity contribution in [3.05, 3.63) is 47.5 Å². The molecule has 2 aromatic heterocycles. The van der Waals surface area contributed by atoms with Gasteiger partial charge in [0.05, 0.1) is 11.3 Å². The number of aromatic nitrogens is 3. The molecule has 0 bridgehead atoms. The fourth-order valence-electron chi connectivity index (χ4n) is 2.56. The minimum Gasteiger partial charge on any atom is -0.332 e. The fourth-order valence-corrected chi connectivity index (χ4v) is 2.56. The highest BCUT2D eigenvalue weighted by Gasteiger charge is 2.24. The van der Waals surface area contributed by atoms with Crippen LogP contribution in [0.2, 0.25) is 0 Å². The van der Waals surface area contributed by atoms with Crippen molar-refractivity contribution in [1.82, 2.24) is 19.7 Å². The number of carbonyl (C=O) groups excluding carboxylic acids is 1. The van der Waals surface area contributed by atoms with Crippen molar-refractivity contribution in [1.29, 1.82) is 0 Å². The van der Waals surface area contributed by atoms with Crippen LogP contribution in [0.3, 0.4) is 0 Å². The van der Waals surface area contributed by atoms with Crippen LogP contribution in [-0.4, -0.2) is 31.6 Å². The first kappa shape index (κ1) is 17.2. The highest BCUT2D eigenvalue weighted by atomic mass is 16.2. The molecule has 0 saturated carbocycles. The summed E-state index contributed by atoms with van der Waals surface area (Å²) in [5, 5.41) is 4.46. The Morgan fingerprint density at radius 1 is 1.30 bits per heavy atom. The van der Waals surface area contributed by atoms with Gasteiger partial charge in [0, 0.05) is 37.7 Å². The van der Waals surface area contributed by atoms with E-state index in [-0.39, 0.29) is 11.9 Å². The summed E-state index contributed by atoms with van der Waals surface area (Å²) in [4.78, 5) is 19.0. The van der Waals surface area contributed by atoms with Crippen LogP contribution in [0.1, 0.15) is 55.2 Å². The second kappa shape index (κ2) is 7.90. The lowest BCUT2D eigenvalue weighted by Crippen LogP contribution is -2.38. The van der Waals surface area contributed by atoms with Crippen LogP contribution >= 0.6 is 0 Å². The van der Waals surface area contributed by atoms with Crippen LogP contribution in [0.4, 0.5) is 0 Å². The minimum atomic E-state index is 0.0519. The summed E-state index contributed by atoms with van der Waals surface area (Å²) in [5.41, 5.74) is 2.59. The SMILES string of the molecule is CCCn1cc(C(=O)N(Cc2ccncc2)[C@H](C)CC)c(C)n1. The van der Waals surface area contributed by atoms with E-state index in [0.717, 1.165) is 30.6 Å². The quantitative estimate of drug-likeness (QED) is 0.786. The lowest BCUT2D eigenvalue weighted by Gasteiger charge is -2.28. The zero-order chi connectivity index (χ0) is 16.8. The van der Waals surface area contributed by atoms with E-state index in [2.05, 4.69) is 30.9 Å². The van der Waals surface area contributed by atoms with Crippen molar-refractivity contribution in [3.8, 4) is 0 Å². The zero-order valence-electron chi connectivity index (χ0n) is 14.5. The molecule has 0 spiro atoms. The molecule has 5 nitrogen and oxygen atoms in total. The van der Waals surface area contributed by atoms with E-state index in [1.54, 1.807) is 12.4 Å². The molecule has 1 amide bonds. The molecule has 124 valence electrons. The Morgan fingerprint density at radius 2 is 2.00 bits per heavy atom.